The normalized spacial score (nSPS) is 14.1. The van der Waals surface area contributed by atoms with E-state index in [2.05, 4.69) is 47.0 Å². The molecule has 0 amide bonds. The van der Waals surface area contributed by atoms with Gasteiger partial charge in [-0.15, -0.1) is 0 Å². The van der Waals surface area contributed by atoms with Gasteiger partial charge in [0.1, 0.15) is 0 Å². The van der Waals surface area contributed by atoms with Gasteiger partial charge in [-0.25, -0.2) is 0 Å². The van der Waals surface area contributed by atoms with E-state index < -0.39 is 0 Å². The summed E-state index contributed by atoms with van der Waals surface area (Å²) in [5.74, 6) is 0. The van der Waals surface area contributed by atoms with E-state index in [1.807, 2.05) is 24.3 Å². The first-order chi connectivity index (χ1) is 8.74. The molecule has 1 aliphatic rings. The third-order valence-corrected chi connectivity index (χ3v) is 3.42. The summed E-state index contributed by atoms with van der Waals surface area (Å²) in [5, 5.41) is 0.768. The molecule has 2 aromatic rings. The standard InChI is InChI=1S/C15H14ClN2/c1-17-11-18(14-8-6-13(16)7-9-14)10-12-4-2-3-5-15(12)17/h2-10H,11H2,1H3/q+1. The second-order valence-corrected chi connectivity index (χ2v) is 4.91. The maximum atomic E-state index is 5.92. The second-order valence-electron chi connectivity index (χ2n) is 4.47. The van der Waals surface area contributed by atoms with Gasteiger partial charge < -0.3 is 4.90 Å². The molecule has 0 saturated heterocycles. The molecule has 0 saturated carbocycles. The van der Waals surface area contributed by atoms with E-state index in [0.717, 1.165) is 17.4 Å². The van der Waals surface area contributed by atoms with Crippen LogP contribution in [0.2, 0.25) is 5.02 Å². The third-order valence-electron chi connectivity index (χ3n) is 3.17. The molecule has 3 rings (SSSR count). The summed E-state index contributed by atoms with van der Waals surface area (Å²) in [6.07, 6.45) is 2.18. The molecule has 0 fully saturated rings. The minimum atomic E-state index is 0.768. The van der Waals surface area contributed by atoms with Gasteiger partial charge in [0.2, 0.25) is 12.4 Å². The lowest BCUT2D eigenvalue weighted by Crippen LogP contribution is -2.32. The Balaban J connectivity index is 2.05. The molecule has 0 aliphatic carbocycles. The molecule has 0 radical (unpaired) electrons. The highest BCUT2D eigenvalue weighted by molar-refractivity contribution is 6.30. The van der Waals surface area contributed by atoms with Crippen LogP contribution in [0.15, 0.2) is 48.5 Å². The third kappa shape index (κ3) is 2.00. The Hall–Kier alpha value is -1.80. The Morgan fingerprint density at radius 3 is 2.56 bits per heavy atom. The Bertz CT molecular complexity index is 602. The summed E-state index contributed by atoms with van der Waals surface area (Å²) < 4.78 is 2.22. The summed E-state index contributed by atoms with van der Waals surface area (Å²) in [6, 6.07) is 16.3. The maximum Gasteiger partial charge on any atom is 0.224 e. The fourth-order valence-corrected chi connectivity index (χ4v) is 2.37. The van der Waals surface area contributed by atoms with Crippen molar-refractivity contribution in [3.05, 3.63) is 59.1 Å². The van der Waals surface area contributed by atoms with E-state index in [9.17, 15) is 0 Å². The summed E-state index contributed by atoms with van der Waals surface area (Å²) in [6.45, 7) is 0.846. The van der Waals surface area contributed by atoms with E-state index in [1.54, 1.807) is 0 Å². The highest BCUT2D eigenvalue weighted by Gasteiger charge is 2.20. The highest BCUT2D eigenvalue weighted by Crippen LogP contribution is 2.24. The molecule has 0 N–H and O–H groups in total. The summed E-state index contributed by atoms with van der Waals surface area (Å²) in [4.78, 5) is 2.24. The van der Waals surface area contributed by atoms with Crippen LogP contribution >= 0.6 is 11.6 Å². The van der Waals surface area contributed by atoms with Gasteiger partial charge >= 0.3 is 0 Å². The zero-order valence-corrected chi connectivity index (χ0v) is 10.9. The first-order valence-electron chi connectivity index (χ1n) is 5.91. The molecule has 1 heterocycles. The molecule has 2 aromatic carbocycles. The number of hydrogen-bond acceptors (Lipinski definition) is 1. The van der Waals surface area contributed by atoms with E-state index in [1.165, 1.54) is 11.3 Å². The Morgan fingerprint density at radius 1 is 1.06 bits per heavy atom. The van der Waals surface area contributed by atoms with E-state index in [-0.39, 0.29) is 0 Å². The van der Waals surface area contributed by atoms with Crippen molar-refractivity contribution >= 4 is 29.2 Å². The molecule has 2 nitrogen and oxygen atoms in total. The fraction of sp³-hybridized carbons (Fsp3) is 0.133. The molecule has 0 atom stereocenters. The van der Waals surface area contributed by atoms with Crippen LogP contribution in [-0.4, -0.2) is 24.5 Å². The zero-order chi connectivity index (χ0) is 12.5. The van der Waals surface area contributed by atoms with Gasteiger partial charge in [0.25, 0.3) is 0 Å². The fourth-order valence-electron chi connectivity index (χ4n) is 2.25. The molecule has 90 valence electrons. The van der Waals surface area contributed by atoms with Crippen LogP contribution in [0.5, 0.6) is 0 Å². The topological polar surface area (TPSA) is 6.25 Å². The predicted molar refractivity (Wildman–Crippen MR) is 76.3 cm³/mol. The first kappa shape index (κ1) is 11.3. The van der Waals surface area contributed by atoms with Crippen molar-refractivity contribution in [1.82, 2.24) is 0 Å². The van der Waals surface area contributed by atoms with Crippen molar-refractivity contribution in [3.8, 4) is 0 Å². The van der Waals surface area contributed by atoms with Crippen LogP contribution in [0.1, 0.15) is 5.56 Å². The highest BCUT2D eigenvalue weighted by atomic mass is 35.5. The van der Waals surface area contributed by atoms with Gasteiger partial charge in [0.15, 0.2) is 6.21 Å². The van der Waals surface area contributed by atoms with Crippen molar-refractivity contribution in [2.75, 3.05) is 18.6 Å². The van der Waals surface area contributed by atoms with Gasteiger partial charge in [0, 0.05) is 24.2 Å². The van der Waals surface area contributed by atoms with Crippen LogP contribution in [0.3, 0.4) is 0 Å². The summed E-state index contributed by atoms with van der Waals surface area (Å²) in [5.41, 5.74) is 3.66. The lowest BCUT2D eigenvalue weighted by molar-refractivity contribution is -0.435. The Kier molecular flexibility index (Phi) is 2.80. The number of halogens is 1. The van der Waals surface area contributed by atoms with E-state index in [0.29, 0.717) is 0 Å². The van der Waals surface area contributed by atoms with Crippen LogP contribution in [0.4, 0.5) is 11.4 Å². The van der Waals surface area contributed by atoms with Crippen molar-refractivity contribution in [2.45, 2.75) is 0 Å². The monoisotopic (exact) mass is 257 g/mol. The Labute approximate surface area is 112 Å². The quantitative estimate of drug-likeness (QED) is 0.709. The maximum absolute atomic E-state index is 5.92. The van der Waals surface area contributed by atoms with E-state index in [4.69, 9.17) is 11.6 Å². The van der Waals surface area contributed by atoms with Crippen LogP contribution < -0.4 is 4.90 Å². The van der Waals surface area contributed by atoms with E-state index >= 15 is 0 Å². The predicted octanol–water partition coefficient (Wildman–Crippen LogP) is 3.51. The van der Waals surface area contributed by atoms with Gasteiger partial charge in [-0.2, -0.15) is 4.58 Å². The smallest absolute Gasteiger partial charge is 0.224 e. The van der Waals surface area contributed by atoms with Crippen LogP contribution in [0.25, 0.3) is 0 Å². The summed E-state index contributed by atoms with van der Waals surface area (Å²) >= 11 is 5.92. The number of fused-ring (bicyclic) bond motifs is 1. The average molecular weight is 258 g/mol. The van der Waals surface area contributed by atoms with Crippen molar-refractivity contribution in [2.24, 2.45) is 0 Å². The van der Waals surface area contributed by atoms with Gasteiger partial charge in [-0.05, 0) is 24.3 Å². The van der Waals surface area contributed by atoms with Gasteiger partial charge in [0.05, 0.1) is 11.3 Å². The number of anilines is 1. The number of nitrogens with zero attached hydrogens (tertiary/aromatic N) is 2. The molecular weight excluding hydrogens is 244 g/mol. The number of benzene rings is 2. The average Bonchev–Trinajstić information content (AvgIpc) is 2.39. The van der Waals surface area contributed by atoms with Gasteiger partial charge in [-0.3, -0.25) is 0 Å². The lowest BCUT2D eigenvalue weighted by atomic mass is 10.1. The molecule has 0 aromatic heterocycles. The molecule has 1 aliphatic heterocycles. The first-order valence-corrected chi connectivity index (χ1v) is 6.29. The summed E-state index contributed by atoms with van der Waals surface area (Å²) in [7, 11) is 2.11. The number of para-hydroxylation sites is 1. The largest absolute Gasteiger partial charge is 0.319 e. The van der Waals surface area contributed by atoms with Crippen LogP contribution in [0, 0.1) is 0 Å². The number of hydrogen-bond donors (Lipinski definition) is 0. The molecular formula is C15H14ClN2+. The molecule has 0 unspecified atom stereocenters. The van der Waals surface area contributed by atoms with Crippen molar-refractivity contribution < 1.29 is 4.58 Å². The van der Waals surface area contributed by atoms with Gasteiger partial charge in [-0.1, -0.05) is 23.7 Å². The van der Waals surface area contributed by atoms with Crippen molar-refractivity contribution in [3.63, 3.8) is 0 Å². The lowest BCUT2D eigenvalue weighted by Gasteiger charge is -2.22. The zero-order valence-electron chi connectivity index (χ0n) is 10.2. The molecule has 18 heavy (non-hydrogen) atoms. The Morgan fingerprint density at radius 2 is 1.78 bits per heavy atom. The minimum Gasteiger partial charge on any atom is -0.319 e. The minimum absolute atomic E-state index is 0.768. The number of rotatable bonds is 1. The van der Waals surface area contributed by atoms with Crippen molar-refractivity contribution in [1.29, 1.82) is 0 Å². The second kappa shape index (κ2) is 4.46. The molecule has 0 bridgehead atoms. The molecule has 3 heteroatoms. The molecule has 0 spiro atoms. The SMILES string of the molecule is CN1C[N+](c2ccc(Cl)cc2)=Cc2ccccc21. The van der Waals surface area contributed by atoms with Crippen LogP contribution in [-0.2, 0) is 0 Å².